The van der Waals surface area contributed by atoms with Gasteiger partial charge < -0.3 is 0 Å². The van der Waals surface area contributed by atoms with Crippen LogP contribution in [0.3, 0.4) is 0 Å². The first-order valence-electron chi connectivity index (χ1n) is 8.92. The van der Waals surface area contributed by atoms with E-state index in [-0.39, 0.29) is 26.3 Å². The molecule has 2 heterocycles. The third-order valence-corrected chi connectivity index (χ3v) is 7.75. The molecule has 30 heavy (non-hydrogen) atoms. The van der Waals surface area contributed by atoms with E-state index in [1.165, 1.54) is 28.6 Å². The fraction of sp³-hybridized carbons (Fsp3) is 0.222. The lowest BCUT2D eigenvalue weighted by atomic mass is 10.1. The first-order chi connectivity index (χ1) is 14.3. The van der Waals surface area contributed by atoms with Gasteiger partial charge in [0.15, 0.2) is 5.13 Å². The second-order valence-electron chi connectivity index (χ2n) is 6.63. The summed E-state index contributed by atoms with van der Waals surface area (Å²) in [6, 6.07) is 8.29. The van der Waals surface area contributed by atoms with E-state index in [0.29, 0.717) is 23.3 Å². The predicted molar refractivity (Wildman–Crippen MR) is 114 cm³/mol. The molecule has 0 saturated carbocycles. The van der Waals surface area contributed by atoms with E-state index in [4.69, 9.17) is 11.6 Å². The maximum atomic E-state index is 12.7. The Labute approximate surface area is 180 Å². The highest BCUT2D eigenvalue weighted by molar-refractivity contribution is 7.89. The average Bonchev–Trinajstić information content (AvgIpc) is 3.36. The van der Waals surface area contributed by atoms with Gasteiger partial charge in [-0.2, -0.15) is 4.31 Å². The molecule has 1 saturated heterocycles. The van der Waals surface area contributed by atoms with Gasteiger partial charge in [0.05, 0.1) is 20.0 Å². The maximum Gasteiger partial charge on any atom is 0.282 e. The van der Waals surface area contributed by atoms with Crippen molar-refractivity contribution in [3.05, 3.63) is 57.1 Å². The van der Waals surface area contributed by atoms with E-state index in [1.807, 2.05) is 0 Å². The summed E-state index contributed by atoms with van der Waals surface area (Å²) in [6.45, 7) is 1.01. The molecular formula is C18H15ClN4O5S2. The smallest absolute Gasteiger partial charge is 0.282 e. The fourth-order valence-electron chi connectivity index (χ4n) is 3.21. The Bertz CT molecular complexity index is 1270. The van der Waals surface area contributed by atoms with E-state index in [9.17, 15) is 23.3 Å². The summed E-state index contributed by atoms with van der Waals surface area (Å²) >= 11 is 6.95. The van der Waals surface area contributed by atoms with Gasteiger partial charge in [0.25, 0.3) is 11.6 Å². The minimum absolute atomic E-state index is 0.170. The molecule has 1 N–H and O–H groups in total. The van der Waals surface area contributed by atoms with Crippen LogP contribution in [-0.2, 0) is 10.0 Å². The number of hydrogen-bond acceptors (Lipinski definition) is 7. The van der Waals surface area contributed by atoms with Crippen molar-refractivity contribution in [3.63, 3.8) is 0 Å². The number of carbonyl (C=O) groups is 1. The van der Waals surface area contributed by atoms with Crippen molar-refractivity contribution in [3.8, 4) is 0 Å². The topological polar surface area (TPSA) is 123 Å². The molecule has 1 aliphatic heterocycles. The number of fused-ring (bicyclic) bond motifs is 1. The van der Waals surface area contributed by atoms with Crippen molar-refractivity contribution >= 4 is 59.9 Å². The van der Waals surface area contributed by atoms with Gasteiger partial charge in [-0.05, 0) is 43.2 Å². The average molecular weight is 467 g/mol. The second kappa shape index (κ2) is 7.91. The number of nitro benzene ring substituents is 1. The van der Waals surface area contributed by atoms with Crippen LogP contribution in [0, 0.1) is 10.1 Å². The molecule has 1 aliphatic rings. The highest BCUT2D eigenvalue weighted by atomic mass is 35.5. The van der Waals surface area contributed by atoms with Crippen LogP contribution in [0.5, 0.6) is 0 Å². The Hall–Kier alpha value is -2.60. The summed E-state index contributed by atoms with van der Waals surface area (Å²) in [5, 5.41) is 14.1. The number of nitrogens with zero attached hydrogens (tertiary/aromatic N) is 3. The number of nitrogens with one attached hydrogen (secondary N) is 1. The summed E-state index contributed by atoms with van der Waals surface area (Å²) < 4.78 is 27.5. The number of anilines is 1. The molecule has 0 spiro atoms. The molecule has 2 aromatic carbocycles. The standard InChI is InChI=1S/C18H15ClN4O5S2/c19-11-3-6-15(23(25)26)13(9-11)17(24)21-18-20-14-5-4-12(10-16(14)29-18)30(27,28)22-7-1-2-8-22/h3-6,9-10H,1-2,7-8H2,(H,20,21,24). The maximum absolute atomic E-state index is 12.7. The number of benzene rings is 2. The number of hydrogen-bond donors (Lipinski definition) is 1. The SMILES string of the molecule is O=C(Nc1nc2ccc(S(=O)(=O)N3CCCC3)cc2s1)c1cc(Cl)ccc1[N+](=O)[O-]. The summed E-state index contributed by atoms with van der Waals surface area (Å²) in [7, 11) is -3.57. The highest BCUT2D eigenvalue weighted by Crippen LogP contribution is 2.31. The van der Waals surface area contributed by atoms with Crippen molar-refractivity contribution in [2.75, 3.05) is 18.4 Å². The lowest BCUT2D eigenvalue weighted by Crippen LogP contribution is -2.27. The van der Waals surface area contributed by atoms with Crippen molar-refractivity contribution in [2.24, 2.45) is 0 Å². The van der Waals surface area contributed by atoms with Crippen LogP contribution in [0.15, 0.2) is 41.3 Å². The van der Waals surface area contributed by atoms with Gasteiger partial charge in [-0.1, -0.05) is 22.9 Å². The number of amides is 1. The summed E-state index contributed by atoms with van der Waals surface area (Å²) in [6.07, 6.45) is 1.68. The zero-order valence-corrected chi connectivity index (χ0v) is 17.8. The molecular weight excluding hydrogens is 452 g/mol. The minimum atomic E-state index is -3.57. The number of nitro groups is 1. The van der Waals surface area contributed by atoms with Crippen molar-refractivity contribution in [1.82, 2.24) is 9.29 Å². The Balaban J connectivity index is 1.63. The van der Waals surface area contributed by atoms with Crippen LogP contribution < -0.4 is 5.32 Å². The van der Waals surface area contributed by atoms with Gasteiger partial charge in [-0.25, -0.2) is 13.4 Å². The predicted octanol–water partition coefficient (Wildman–Crippen LogP) is 3.89. The molecule has 0 atom stereocenters. The van der Waals surface area contributed by atoms with E-state index < -0.39 is 20.9 Å². The lowest BCUT2D eigenvalue weighted by Gasteiger charge is -2.15. The van der Waals surface area contributed by atoms with E-state index in [1.54, 1.807) is 6.07 Å². The molecule has 1 amide bonds. The minimum Gasteiger partial charge on any atom is -0.298 e. The van der Waals surface area contributed by atoms with E-state index in [2.05, 4.69) is 10.3 Å². The van der Waals surface area contributed by atoms with Gasteiger partial charge >= 0.3 is 0 Å². The summed E-state index contributed by atoms with van der Waals surface area (Å²) in [4.78, 5) is 27.5. The zero-order valence-electron chi connectivity index (χ0n) is 15.4. The van der Waals surface area contributed by atoms with Crippen molar-refractivity contribution in [1.29, 1.82) is 0 Å². The van der Waals surface area contributed by atoms with Crippen LogP contribution >= 0.6 is 22.9 Å². The van der Waals surface area contributed by atoms with Crippen molar-refractivity contribution in [2.45, 2.75) is 17.7 Å². The first kappa shape index (κ1) is 20.7. The number of sulfonamides is 1. The fourth-order valence-corrected chi connectivity index (χ4v) is 5.90. The number of carbonyl (C=O) groups excluding carboxylic acids is 1. The van der Waals surface area contributed by atoms with E-state index >= 15 is 0 Å². The number of thiazole rings is 1. The Morgan fingerprint density at radius 3 is 2.63 bits per heavy atom. The zero-order chi connectivity index (χ0) is 21.5. The quantitative estimate of drug-likeness (QED) is 0.449. The van der Waals surface area contributed by atoms with Crippen LogP contribution in [0.4, 0.5) is 10.8 Å². The van der Waals surface area contributed by atoms with Gasteiger partial charge in [0.1, 0.15) is 5.56 Å². The molecule has 3 aromatic rings. The molecule has 4 rings (SSSR count). The van der Waals surface area contributed by atoms with Crippen LogP contribution in [0.25, 0.3) is 10.2 Å². The van der Waals surface area contributed by atoms with Crippen LogP contribution in [0.2, 0.25) is 5.02 Å². The molecule has 0 bridgehead atoms. The number of halogens is 1. The third-order valence-electron chi connectivity index (χ3n) is 4.68. The molecule has 0 aliphatic carbocycles. The molecule has 0 radical (unpaired) electrons. The van der Waals surface area contributed by atoms with Gasteiger partial charge in [-0.15, -0.1) is 0 Å². The second-order valence-corrected chi connectivity index (χ2v) is 10.0. The molecule has 1 aromatic heterocycles. The first-order valence-corrected chi connectivity index (χ1v) is 11.6. The Kier molecular flexibility index (Phi) is 5.45. The number of rotatable bonds is 5. The monoisotopic (exact) mass is 466 g/mol. The van der Waals surface area contributed by atoms with Crippen LogP contribution in [-0.4, -0.2) is 41.6 Å². The normalized spacial score (nSPS) is 14.8. The van der Waals surface area contributed by atoms with E-state index in [0.717, 1.165) is 30.2 Å². The largest absolute Gasteiger partial charge is 0.298 e. The van der Waals surface area contributed by atoms with Crippen molar-refractivity contribution < 1.29 is 18.1 Å². The van der Waals surface area contributed by atoms with Crippen LogP contribution in [0.1, 0.15) is 23.2 Å². The number of aromatic nitrogens is 1. The summed E-state index contributed by atoms with van der Waals surface area (Å²) in [5.74, 6) is -0.729. The molecule has 0 unspecified atom stereocenters. The summed E-state index contributed by atoms with van der Waals surface area (Å²) in [5.41, 5.74) is -0.0580. The van der Waals surface area contributed by atoms with Gasteiger partial charge in [0, 0.05) is 24.2 Å². The molecule has 1 fully saturated rings. The lowest BCUT2D eigenvalue weighted by molar-refractivity contribution is -0.385. The highest BCUT2D eigenvalue weighted by Gasteiger charge is 2.28. The molecule has 156 valence electrons. The Morgan fingerprint density at radius 1 is 1.20 bits per heavy atom. The molecule has 9 nitrogen and oxygen atoms in total. The van der Waals surface area contributed by atoms with Gasteiger partial charge in [-0.3, -0.25) is 20.2 Å². The molecule has 12 heteroatoms. The Morgan fingerprint density at radius 2 is 1.93 bits per heavy atom. The third kappa shape index (κ3) is 3.88. The van der Waals surface area contributed by atoms with Gasteiger partial charge in [0.2, 0.25) is 10.0 Å².